The van der Waals surface area contributed by atoms with E-state index in [0.717, 1.165) is 0 Å². The van der Waals surface area contributed by atoms with E-state index in [9.17, 15) is 14.9 Å². The van der Waals surface area contributed by atoms with Gasteiger partial charge in [-0.15, -0.1) is 0 Å². The normalized spacial score (nSPS) is 11.2. The van der Waals surface area contributed by atoms with Crippen molar-refractivity contribution in [2.75, 3.05) is 5.32 Å². The summed E-state index contributed by atoms with van der Waals surface area (Å²) in [6, 6.07) is 12.7. The molecule has 0 aliphatic carbocycles. The number of carbonyl (C=O) groups excluding carboxylic acids is 1. The maximum Gasteiger partial charge on any atom is 0.288 e. The Balaban J connectivity index is 1.54. The number of benzene rings is 2. The minimum Gasteiger partial charge on any atom is -0.434 e. The van der Waals surface area contributed by atoms with Crippen molar-refractivity contribution in [1.29, 1.82) is 0 Å². The number of carbonyl (C=O) groups is 1. The summed E-state index contributed by atoms with van der Waals surface area (Å²) in [5.74, 6) is -0.138. The van der Waals surface area contributed by atoms with Crippen LogP contribution < -0.4 is 5.32 Å². The molecule has 1 N–H and O–H groups in total. The van der Waals surface area contributed by atoms with Crippen LogP contribution >= 0.6 is 23.2 Å². The van der Waals surface area contributed by atoms with Crippen LogP contribution in [-0.2, 0) is 4.79 Å². The molecule has 0 aliphatic heterocycles. The Bertz CT molecular complexity index is 1320. The number of hydrogen-bond donors (Lipinski definition) is 1. The highest BCUT2D eigenvalue weighted by molar-refractivity contribution is 6.34. The van der Waals surface area contributed by atoms with Crippen LogP contribution in [0.25, 0.3) is 28.8 Å². The Hall–Kier alpha value is -3.75. The number of oxazole rings is 1. The molecule has 10 heteroatoms. The van der Waals surface area contributed by atoms with Crippen molar-refractivity contribution in [1.82, 2.24) is 9.97 Å². The van der Waals surface area contributed by atoms with Crippen molar-refractivity contribution < 1.29 is 14.1 Å². The Morgan fingerprint density at radius 3 is 2.71 bits per heavy atom. The standard InChI is InChI=1S/C21H12Cl2N4O4/c22-14-7-5-13(21-26-20-18(31-21)2-1-9-24-20)11-16(14)25-19(28)8-4-12-3-6-15(23)17(10-12)27(29)30/h1-11H,(H,25,28)/b8-4+. The molecule has 2 aromatic heterocycles. The first-order valence-electron chi connectivity index (χ1n) is 8.85. The predicted molar refractivity (Wildman–Crippen MR) is 118 cm³/mol. The molecule has 8 nitrogen and oxygen atoms in total. The number of amides is 1. The van der Waals surface area contributed by atoms with Gasteiger partial charge in [0.25, 0.3) is 5.69 Å². The van der Waals surface area contributed by atoms with E-state index in [4.69, 9.17) is 27.6 Å². The van der Waals surface area contributed by atoms with Crippen LogP contribution in [-0.4, -0.2) is 20.8 Å². The van der Waals surface area contributed by atoms with Crippen LogP contribution in [0.3, 0.4) is 0 Å². The fourth-order valence-electron chi connectivity index (χ4n) is 2.77. The number of nitrogens with zero attached hydrogens (tertiary/aromatic N) is 3. The number of pyridine rings is 1. The lowest BCUT2D eigenvalue weighted by Gasteiger charge is -2.06. The van der Waals surface area contributed by atoms with Crippen LogP contribution in [0.4, 0.5) is 11.4 Å². The largest absolute Gasteiger partial charge is 0.434 e. The second kappa shape index (κ2) is 8.55. The first-order chi connectivity index (χ1) is 14.9. The average Bonchev–Trinajstić information content (AvgIpc) is 3.19. The number of hydrogen-bond acceptors (Lipinski definition) is 6. The number of rotatable bonds is 5. The zero-order chi connectivity index (χ0) is 22.0. The Morgan fingerprint density at radius 1 is 1.13 bits per heavy atom. The molecule has 31 heavy (non-hydrogen) atoms. The summed E-state index contributed by atoms with van der Waals surface area (Å²) in [4.78, 5) is 31.2. The molecule has 1 amide bonds. The van der Waals surface area contributed by atoms with Crippen molar-refractivity contribution in [2.45, 2.75) is 0 Å². The molecule has 0 saturated carbocycles. The Kier molecular flexibility index (Phi) is 5.66. The van der Waals surface area contributed by atoms with Crippen molar-refractivity contribution in [3.8, 4) is 11.5 Å². The lowest BCUT2D eigenvalue weighted by molar-refractivity contribution is -0.384. The van der Waals surface area contributed by atoms with E-state index < -0.39 is 10.8 Å². The summed E-state index contributed by atoms with van der Waals surface area (Å²) >= 11 is 12.0. The van der Waals surface area contributed by atoms with Gasteiger partial charge in [-0.1, -0.05) is 29.3 Å². The van der Waals surface area contributed by atoms with E-state index in [1.54, 1.807) is 42.6 Å². The summed E-state index contributed by atoms with van der Waals surface area (Å²) < 4.78 is 5.69. The number of aromatic nitrogens is 2. The SMILES string of the molecule is O=C(/C=C/c1ccc(Cl)c([N+](=O)[O-])c1)Nc1cc(-c2nc3ncccc3o2)ccc1Cl. The van der Waals surface area contributed by atoms with E-state index >= 15 is 0 Å². The highest BCUT2D eigenvalue weighted by Crippen LogP contribution is 2.30. The second-order valence-electron chi connectivity index (χ2n) is 6.33. The number of fused-ring (bicyclic) bond motifs is 1. The van der Waals surface area contributed by atoms with Crippen LogP contribution in [0, 0.1) is 10.1 Å². The van der Waals surface area contributed by atoms with Crippen LogP contribution in [0.1, 0.15) is 5.56 Å². The summed E-state index contributed by atoms with van der Waals surface area (Å²) in [5, 5.41) is 14.0. The van der Waals surface area contributed by atoms with Crippen molar-refractivity contribution >= 4 is 57.8 Å². The minimum absolute atomic E-state index is 0.0181. The van der Waals surface area contributed by atoms with E-state index in [2.05, 4.69) is 15.3 Å². The quantitative estimate of drug-likeness (QED) is 0.233. The number of nitro groups is 1. The van der Waals surface area contributed by atoms with Gasteiger partial charge in [0.15, 0.2) is 11.2 Å². The van der Waals surface area contributed by atoms with Crippen LogP contribution in [0.2, 0.25) is 10.0 Å². The summed E-state index contributed by atoms with van der Waals surface area (Å²) in [7, 11) is 0. The molecular formula is C21H12Cl2N4O4. The monoisotopic (exact) mass is 454 g/mol. The topological polar surface area (TPSA) is 111 Å². The van der Waals surface area contributed by atoms with Gasteiger partial charge in [-0.2, -0.15) is 4.98 Å². The van der Waals surface area contributed by atoms with E-state index in [-0.39, 0.29) is 10.7 Å². The Morgan fingerprint density at radius 2 is 1.94 bits per heavy atom. The molecule has 2 aromatic carbocycles. The number of nitro benzene ring substituents is 1. The van der Waals surface area contributed by atoms with Gasteiger partial charge in [0, 0.05) is 23.9 Å². The zero-order valence-corrected chi connectivity index (χ0v) is 17.1. The molecule has 0 saturated heterocycles. The maximum absolute atomic E-state index is 12.3. The first-order valence-corrected chi connectivity index (χ1v) is 9.61. The van der Waals surface area contributed by atoms with Crippen molar-refractivity contribution in [2.24, 2.45) is 0 Å². The smallest absolute Gasteiger partial charge is 0.288 e. The van der Waals surface area contributed by atoms with Gasteiger partial charge in [0.05, 0.1) is 15.6 Å². The van der Waals surface area contributed by atoms with Gasteiger partial charge in [-0.3, -0.25) is 14.9 Å². The number of halogens is 2. The molecule has 0 atom stereocenters. The molecule has 0 aliphatic rings. The van der Waals surface area contributed by atoms with E-state index in [1.165, 1.54) is 24.3 Å². The van der Waals surface area contributed by atoms with Gasteiger partial charge < -0.3 is 9.73 Å². The third-order valence-electron chi connectivity index (χ3n) is 4.23. The highest BCUT2D eigenvalue weighted by Gasteiger charge is 2.13. The highest BCUT2D eigenvalue weighted by atomic mass is 35.5. The molecule has 0 spiro atoms. The Labute approximate surface area is 185 Å². The van der Waals surface area contributed by atoms with Gasteiger partial charge >= 0.3 is 0 Å². The number of nitrogens with one attached hydrogen (secondary N) is 1. The molecule has 4 aromatic rings. The molecule has 0 fully saturated rings. The van der Waals surface area contributed by atoms with Crippen molar-refractivity contribution in [3.63, 3.8) is 0 Å². The lowest BCUT2D eigenvalue weighted by Crippen LogP contribution is -2.08. The minimum atomic E-state index is -0.591. The van der Waals surface area contributed by atoms with E-state index in [1.807, 2.05) is 0 Å². The molecule has 4 rings (SSSR count). The van der Waals surface area contributed by atoms with Crippen LogP contribution in [0.5, 0.6) is 0 Å². The molecule has 0 unspecified atom stereocenters. The van der Waals surface area contributed by atoms with Gasteiger partial charge in [0.2, 0.25) is 11.8 Å². The number of anilines is 1. The maximum atomic E-state index is 12.3. The lowest BCUT2D eigenvalue weighted by atomic mass is 10.1. The van der Waals surface area contributed by atoms with Crippen LogP contribution in [0.15, 0.2) is 65.2 Å². The summed E-state index contributed by atoms with van der Waals surface area (Å²) in [6.45, 7) is 0. The zero-order valence-electron chi connectivity index (χ0n) is 15.6. The van der Waals surface area contributed by atoms with Gasteiger partial charge in [-0.25, -0.2) is 4.98 Å². The molecule has 2 heterocycles. The molecule has 0 bridgehead atoms. The summed E-state index contributed by atoms with van der Waals surface area (Å²) in [6.07, 6.45) is 4.28. The second-order valence-corrected chi connectivity index (χ2v) is 7.14. The third kappa shape index (κ3) is 4.55. The van der Waals surface area contributed by atoms with Gasteiger partial charge in [0.1, 0.15) is 5.02 Å². The molecule has 154 valence electrons. The molecule has 0 radical (unpaired) electrons. The van der Waals surface area contributed by atoms with Crippen molar-refractivity contribution in [3.05, 3.63) is 86.5 Å². The van der Waals surface area contributed by atoms with E-state index in [0.29, 0.717) is 39.0 Å². The fourth-order valence-corrected chi connectivity index (χ4v) is 3.12. The van der Waals surface area contributed by atoms with Gasteiger partial charge in [-0.05, 0) is 48.0 Å². The predicted octanol–water partition coefficient (Wildman–Crippen LogP) is 5.76. The third-order valence-corrected chi connectivity index (χ3v) is 4.88. The summed E-state index contributed by atoms with van der Waals surface area (Å²) in [5.41, 5.74) is 2.18. The average molecular weight is 455 g/mol. The fraction of sp³-hybridized carbons (Fsp3) is 0. The molecular weight excluding hydrogens is 443 g/mol. The first kappa shape index (κ1) is 20.5.